The van der Waals surface area contributed by atoms with Gasteiger partial charge in [-0.2, -0.15) is 13.2 Å². The first-order valence-corrected chi connectivity index (χ1v) is 7.10. The average Bonchev–Trinajstić information content (AvgIpc) is 2.82. The number of hydrogen-bond donors (Lipinski definition) is 2. The van der Waals surface area contributed by atoms with Crippen molar-refractivity contribution in [2.24, 2.45) is 0 Å². The summed E-state index contributed by atoms with van der Waals surface area (Å²) in [5.74, 6) is 0. The van der Waals surface area contributed by atoms with Gasteiger partial charge in [-0.1, -0.05) is 23.7 Å². The number of carbonyl (C=O) groups excluding carboxylic acids is 1. The number of likely N-dealkylation sites (tertiary alicyclic amines) is 1. The topological polar surface area (TPSA) is 52.6 Å². The summed E-state index contributed by atoms with van der Waals surface area (Å²) in [5, 5.41) is 12.7. The molecule has 2 rings (SSSR count). The Morgan fingerprint density at radius 2 is 2.18 bits per heavy atom. The van der Waals surface area contributed by atoms with Crippen LogP contribution in [0.4, 0.5) is 18.0 Å². The van der Waals surface area contributed by atoms with Crippen LogP contribution < -0.4 is 5.32 Å². The first-order chi connectivity index (χ1) is 10.1. The summed E-state index contributed by atoms with van der Waals surface area (Å²) in [6.45, 7) is 0.796. The van der Waals surface area contributed by atoms with Crippen LogP contribution >= 0.6 is 11.6 Å². The van der Waals surface area contributed by atoms with Crippen molar-refractivity contribution in [2.45, 2.75) is 31.2 Å². The minimum Gasteiger partial charge on any atom is -0.379 e. The highest BCUT2D eigenvalue weighted by Crippen LogP contribution is 2.37. The normalized spacial score (nSPS) is 23.5. The highest BCUT2D eigenvalue weighted by molar-refractivity contribution is 6.30. The van der Waals surface area contributed by atoms with Crippen molar-refractivity contribution in [2.75, 3.05) is 13.1 Å². The lowest BCUT2D eigenvalue weighted by Crippen LogP contribution is -2.49. The fraction of sp³-hybridized carbons (Fsp3) is 0.500. The van der Waals surface area contributed by atoms with E-state index >= 15 is 0 Å². The molecule has 2 atom stereocenters. The van der Waals surface area contributed by atoms with Gasteiger partial charge in [0, 0.05) is 18.0 Å². The molecule has 0 aromatic heterocycles. The van der Waals surface area contributed by atoms with E-state index in [1.165, 1.54) is 0 Å². The zero-order valence-corrected chi connectivity index (χ0v) is 12.6. The van der Waals surface area contributed by atoms with Gasteiger partial charge in [-0.05, 0) is 24.6 Å². The van der Waals surface area contributed by atoms with Crippen LogP contribution in [-0.2, 0) is 0 Å². The van der Waals surface area contributed by atoms with Crippen molar-refractivity contribution < 1.29 is 23.1 Å². The Kier molecular flexibility index (Phi) is 4.58. The number of alkyl halides is 3. The predicted octanol–water partition coefficient (Wildman–Crippen LogP) is 3.11. The van der Waals surface area contributed by atoms with Crippen LogP contribution in [0.1, 0.15) is 24.9 Å². The lowest BCUT2D eigenvalue weighted by molar-refractivity contribution is -0.253. The maximum atomic E-state index is 12.7. The minimum absolute atomic E-state index is 0.149. The molecular formula is C14H16ClF3N2O2. The lowest BCUT2D eigenvalue weighted by atomic mass is 10.0. The van der Waals surface area contributed by atoms with Gasteiger partial charge < -0.3 is 15.3 Å². The maximum absolute atomic E-state index is 12.7. The Hall–Kier alpha value is -1.47. The lowest BCUT2D eigenvalue weighted by Gasteiger charge is -2.26. The molecule has 22 heavy (non-hydrogen) atoms. The minimum atomic E-state index is -4.75. The number of benzene rings is 1. The number of hydrogen-bond acceptors (Lipinski definition) is 2. The molecule has 1 aliphatic heterocycles. The van der Waals surface area contributed by atoms with Gasteiger partial charge in [0.15, 0.2) is 5.60 Å². The zero-order chi connectivity index (χ0) is 16.5. The van der Waals surface area contributed by atoms with Gasteiger partial charge >= 0.3 is 12.2 Å². The molecule has 0 aliphatic carbocycles. The quantitative estimate of drug-likeness (QED) is 0.872. The summed E-state index contributed by atoms with van der Waals surface area (Å²) in [5.41, 5.74) is -2.09. The van der Waals surface area contributed by atoms with E-state index in [2.05, 4.69) is 5.32 Å². The van der Waals surface area contributed by atoms with Crippen LogP contribution in [0.5, 0.6) is 0 Å². The molecule has 1 aromatic carbocycles. The number of rotatable bonds is 2. The summed E-state index contributed by atoms with van der Waals surface area (Å²) in [7, 11) is 0. The second-order valence-corrected chi connectivity index (χ2v) is 5.86. The molecule has 0 radical (unpaired) electrons. The average molecular weight is 337 g/mol. The van der Waals surface area contributed by atoms with Gasteiger partial charge in [0.2, 0.25) is 0 Å². The van der Waals surface area contributed by atoms with Crippen molar-refractivity contribution in [3.05, 3.63) is 34.9 Å². The van der Waals surface area contributed by atoms with Crippen LogP contribution in [0, 0.1) is 0 Å². The molecule has 122 valence electrons. The monoisotopic (exact) mass is 336 g/mol. The van der Waals surface area contributed by atoms with E-state index in [-0.39, 0.29) is 6.54 Å². The molecule has 2 N–H and O–H groups in total. The Balaban J connectivity index is 1.99. The number of carbonyl (C=O) groups is 1. The number of nitrogens with zero attached hydrogens (tertiary/aromatic N) is 1. The molecule has 1 fully saturated rings. The molecule has 8 heteroatoms. The van der Waals surface area contributed by atoms with Gasteiger partial charge in [0.05, 0.1) is 12.6 Å². The summed E-state index contributed by atoms with van der Waals surface area (Å²) < 4.78 is 38.2. The van der Waals surface area contributed by atoms with Crippen molar-refractivity contribution in [3.8, 4) is 0 Å². The molecule has 4 nitrogen and oxygen atoms in total. The summed E-state index contributed by atoms with van der Waals surface area (Å²) in [4.78, 5) is 13.0. The number of halogens is 4. The Labute approximate surface area is 130 Å². The second kappa shape index (κ2) is 5.96. The van der Waals surface area contributed by atoms with Gasteiger partial charge in [0.25, 0.3) is 0 Å². The summed E-state index contributed by atoms with van der Waals surface area (Å²) >= 11 is 5.86. The van der Waals surface area contributed by atoms with Crippen molar-refractivity contribution in [1.29, 1.82) is 0 Å². The van der Waals surface area contributed by atoms with Crippen LogP contribution in [0.2, 0.25) is 5.02 Å². The summed E-state index contributed by atoms with van der Waals surface area (Å²) in [6, 6.07) is 5.77. The molecule has 1 heterocycles. The first-order valence-electron chi connectivity index (χ1n) is 6.72. The molecule has 0 unspecified atom stereocenters. The Morgan fingerprint density at radius 3 is 2.73 bits per heavy atom. The van der Waals surface area contributed by atoms with Crippen LogP contribution in [0.3, 0.4) is 0 Å². The van der Waals surface area contributed by atoms with Gasteiger partial charge in [-0.25, -0.2) is 4.79 Å². The van der Waals surface area contributed by atoms with Crippen LogP contribution in [-0.4, -0.2) is 40.9 Å². The number of aliphatic hydroxyl groups is 1. The van der Waals surface area contributed by atoms with Crippen molar-refractivity contribution in [1.82, 2.24) is 10.2 Å². The SMILES string of the molecule is C[C@@H](NC(=O)N1CC[C@](O)(C(F)(F)F)C1)c1cccc(Cl)c1. The highest BCUT2D eigenvalue weighted by atomic mass is 35.5. The molecular weight excluding hydrogens is 321 g/mol. The number of β-amino-alcohol motifs (C(OH)–C–C–N with tert-alkyl or cyclic N) is 1. The third-order valence-corrected chi connectivity index (χ3v) is 3.99. The fourth-order valence-corrected chi connectivity index (χ4v) is 2.53. The third kappa shape index (κ3) is 3.47. The van der Waals surface area contributed by atoms with E-state index < -0.39 is 36.8 Å². The number of nitrogens with one attached hydrogen (secondary N) is 1. The van der Waals surface area contributed by atoms with Crippen molar-refractivity contribution in [3.63, 3.8) is 0 Å². The van der Waals surface area contributed by atoms with E-state index in [0.717, 1.165) is 10.5 Å². The smallest absolute Gasteiger partial charge is 0.379 e. The molecule has 1 aromatic rings. The van der Waals surface area contributed by atoms with E-state index in [1.54, 1.807) is 31.2 Å². The Bertz CT molecular complexity index is 567. The van der Waals surface area contributed by atoms with Crippen molar-refractivity contribution >= 4 is 17.6 Å². The molecule has 2 amide bonds. The summed E-state index contributed by atoms with van der Waals surface area (Å²) in [6.07, 6.45) is -5.27. The molecule has 0 bridgehead atoms. The van der Waals surface area contributed by atoms with E-state index in [0.29, 0.717) is 5.02 Å². The molecule has 0 saturated carbocycles. The van der Waals surface area contributed by atoms with E-state index in [1.807, 2.05) is 0 Å². The Morgan fingerprint density at radius 1 is 1.50 bits per heavy atom. The predicted molar refractivity (Wildman–Crippen MR) is 75.6 cm³/mol. The van der Waals surface area contributed by atoms with E-state index in [4.69, 9.17) is 11.6 Å². The number of urea groups is 1. The molecule has 1 aliphatic rings. The highest BCUT2D eigenvalue weighted by Gasteiger charge is 2.57. The fourth-order valence-electron chi connectivity index (χ4n) is 2.33. The molecule has 0 spiro atoms. The van der Waals surface area contributed by atoms with Gasteiger partial charge in [-0.3, -0.25) is 0 Å². The standard InChI is InChI=1S/C14H16ClF3N2O2/c1-9(10-3-2-4-11(15)7-10)19-12(21)20-6-5-13(22,8-20)14(16,17)18/h2-4,7,9,22H,5-6,8H2,1H3,(H,19,21)/t9-,13-/m1/s1. The van der Waals surface area contributed by atoms with Crippen LogP contribution in [0.25, 0.3) is 0 Å². The third-order valence-electron chi connectivity index (χ3n) is 3.75. The second-order valence-electron chi connectivity index (χ2n) is 5.43. The van der Waals surface area contributed by atoms with E-state index in [9.17, 15) is 23.1 Å². The number of amides is 2. The van der Waals surface area contributed by atoms with Gasteiger partial charge in [0.1, 0.15) is 0 Å². The largest absolute Gasteiger partial charge is 0.419 e. The first kappa shape index (κ1) is 16.9. The molecule has 1 saturated heterocycles. The maximum Gasteiger partial charge on any atom is 0.419 e. The zero-order valence-electron chi connectivity index (χ0n) is 11.8. The van der Waals surface area contributed by atoms with Gasteiger partial charge in [-0.15, -0.1) is 0 Å². The van der Waals surface area contributed by atoms with Crippen LogP contribution in [0.15, 0.2) is 24.3 Å².